The molecule has 1 aromatic rings. The van der Waals surface area contributed by atoms with Crippen LogP contribution in [-0.4, -0.2) is 51.5 Å². The molecule has 0 bridgehead atoms. The number of methoxy groups -OCH3 is 1. The summed E-state index contributed by atoms with van der Waals surface area (Å²) in [7, 11) is -2.31. The summed E-state index contributed by atoms with van der Waals surface area (Å²) < 4.78 is 36.2. The molecule has 0 unspecified atom stereocenters. The predicted molar refractivity (Wildman–Crippen MR) is 85.9 cm³/mol. The van der Waals surface area contributed by atoms with Gasteiger partial charge in [-0.05, 0) is 44.0 Å². The van der Waals surface area contributed by atoms with Crippen molar-refractivity contribution in [2.24, 2.45) is 5.92 Å². The molecule has 0 amide bonds. The number of carbonyl (C=O) groups is 2. The third-order valence-electron chi connectivity index (χ3n) is 3.99. The minimum absolute atomic E-state index is 0.118. The van der Waals surface area contributed by atoms with Gasteiger partial charge in [0.2, 0.25) is 10.0 Å². The van der Waals surface area contributed by atoms with E-state index in [9.17, 15) is 18.0 Å². The van der Waals surface area contributed by atoms with E-state index in [1.807, 2.05) is 0 Å². The van der Waals surface area contributed by atoms with E-state index in [1.54, 1.807) is 6.92 Å². The zero-order chi connectivity index (χ0) is 17.7. The van der Waals surface area contributed by atoms with Crippen LogP contribution in [0.1, 0.15) is 30.1 Å². The lowest BCUT2D eigenvalue weighted by Crippen LogP contribution is -2.40. The summed E-state index contributed by atoms with van der Waals surface area (Å²) in [6.45, 7) is 2.49. The fraction of sp³-hybridized carbons (Fsp3) is 0.500. The van der Waals surface area contributed by atoms with E-state index < -0.39 is 16.0 Å². The van der Waals surface area contributed by atoms with Gasteiger partial charge in [-0.15, -0.1) is 0 Å². The minimum Gasteiger partial charge on any atom is -0.469 e. The summed E-state index contributed by atoms with van der Waals surface area (Å²) in [5, 5.41) is 0. The number of nitrogens with zero attached hydrogens (tertiary/aromatic N) is 1. The Hall–Kier alpha value is -1.93. The first-order valence-corrected chi connectivity index (χ1v) is 9.19. The summed E-state index contributed by atoms with van der Waals surface area (Å²) in [5.74, 6) is -1.04. The van der Waals surface area contributed by atoms with Crippen molar-refractivity contribution < 1.29 is 27.5 Å². The van der Waals surface area contributed by atoms with Gasteiger partial charge in [-0.25, -0.2) is 13.2 Å². The van der Waals surface area contributed by atoms with Crippen LogP contribution >= 0.6 is 0 Å². The van der Waals surface area contributed by atoms with Gasteiger partial charge < -0.3 is 9.47 Å². The van der Waals surface area contributed by atoms with Gasteiger partial charge in [-0.2, -0.15) is 4.31 Å². The van der Waals surface area contributed by atoms with E-state index in [1.165, 1.54) is 35.7 Å². The molecule has 1 heterocycles. The van der Waals surface area contributed by atoms with Crippen LogP contribution < -0.4 is 0 Å². The molecule has 0 spiro atoms. The van der Waals surface area contributed by atoms with Crippen molar-refractivity contribution in [3.05, 3.63) is 29.8 Å². The molecule has 1 aliphatic rings. The zero-order valence-electron chi connectivity index (χ0n) is 13.7. The molecule has 8 heteroatoms. The van der Waals surface area contributed by atoms with Crippen LogP contribution in [0.5, 0.6) is 0 Å². The molecule has 24 heavy (non-hydrogen) atoms. The third kappa shape index (κ3) is 3.93. The first-order valence-electron chi connectivity index (χ1n) is 7.75. The molecule has 2 rings (SSSR count). The van der Waals surface area contributed by atoms with Gasteiger partial charge in [0.25, 0.3) is 0 Å². The average Bonchev–Trinajstić information content (AvgIpc) is 2.61. The smallest absolute Gasteiger partial charge is 0.338 e. The fourth-order valence-corrected chi connectivity index (χ4v) is 4.09. The largest absolute Gasteiger partial charge is 0.469 e. The number of rotatable bonds is 5. The molecule has 0 aromatic heterocycles. The predicted octanol–water partition coefficient (Wildman–Crippen LogP) is 1.44. The molecule has 7 nitrogen and oxygen atoms in total. The van der Waals surface area contributed by atoms with E-state index in [-0.39, 0.29) is 36.5 Å². The second kappa shape index (κ2) is 7.76. The lowest BCUT2D eigenvalue weighted by Gasteiger charge is -2.29. The molecule has 1 fully saturated rings. The van der Waals surface area contributed by atoms with Crippen LogP contribution in [0.25, 0.3) is 0 Å². The van der Waals surface area contributed by atoms with E-state index >= 15 is 0 Å². The summed E-state index contributed by atoms with van der Waals surface area (Å²) in [4.78, 5) is 23.2. The van der Waals surface area contributed by atoms with Gasteiger partial charge in [-0.1, -0.05) is 0 Å². The van der Waals surface area contributed by atoms with Crippen molar-refractivity contribution in [2.45, 2.75) is 24.7 Å². The number of hydrogen-bond donors (Lipinski definition) is 0. The van der Waals surface area contributed by atoms with Crippen molar-refractivity contribution in [1.82, 2.24) is 4.31 Å². The van der Waals surface area contributed by atoms with Crippen LogP contribution in [0.3, 0.4) is 0 Å². The maximum Gasteiger partial charge on any atom is 0.338 e. The van der Waals surface area contributed by atoms with Crippen LogP contribution in [0.2, 0.25) is 0 Å². The number of carbonyl (C=O) groups excluding carboxylic acids is 2. The van der Waals surface area contributed by atoms with E-state index in [0.29, 0.717) is 18.4 Å². The van der Waals surface area contributed by atoms with Crippen LogP contribution in [-0.2, 0) is 24.3 Å². The second-order valence-corrected chi connectivity index (χ2v) is 7.38. The number of sulfonamides is 1. The number of ether oxygens (including phenoxy) is 2. The van der Waals surface area contributed by atoms with E-state index in [2.05, 4.69) is 0 Å². The highest BCUT2D eigenvalue weighted by Gasteiger charge is 2.32. The molecule has 0 aliphatic carbocycles. The normalized spacial score (nSPS) is 16.6. The summed E-state index contributed by atoms with van der Waals surface area (Å²) in [6.07, 6.45) is 0.875. The summed E-state index contributed by atoms with van der Waals surface area (Å²) in [6, 6.07) is 5.67. The van der Waals surface area contributed by atoms with Crippen LogP contribution in [0, 0.1) is 5.92 Å². The lowest BCUT2D eigenvalue weighted by atomic mass is 9.99. The molecular formula is C16H21NO6S. The Morgan fingerprint density at radius 1 is 1.17 bits per heavy atom. The Kier molecular flexibility index (Phi) is 5.95. The first kappa shape index (κ1) is 18.4. The Morgan fingerprint density at radius 3 is 2.25 bits per heavy atom. The van der Waals surface area contributed by atoms with E-state index in [4.69, 9.17) is 9.47 Å². The molecule has 0 radical (unpaired) electrons. The zero-order valence-corrected chi connectivity index (χ0v) is 14.5. The third-order valence-corrected chi connectivity index (χ3v) is 5.90. The summed E-state index contributed by atoms with van der Waals surface area (Å²) in [5.41, 5.74) is 0.306. The molecule has 0 atom stereocenters. The van der Waals surface area contributed by atoms with Gasteiger partial charge in [0, 0.05) is 13.1 Å². The number of benzene rings is 1. The van der Waals surface area contributed by atoms with Crippen molar-refractivity contribution in [3.8, 4) is 0 Å². The van der Waals surface area contributed by atoms with Crippen LogP contribution in [0.4, 0.5) is 0 Å². The van der Waals surface area contributed by atoms with Gasteiger partial charge in [-0.3, -0.25) is 4.79 Å². The van der Waals surface area contributed by atoms with Crippen LogP contribution in [0.15, 0.2) is 29.2 Å². The molecule has 1 saturated heterocycles. The SMILES string of the molecule is CCOC(=O)c1ccc(S(=O)(=O)N2CCC(C(=O)OC)CC2)cc1. The van der Waals surface area contributed by atoms with Gasteiger partial charge in [0.1, 0.15) is 0 Å². The first-order chi connectivity index (χ1) is 11.4. The van der Waals surface area contributed by atoms with Crippen molar-refractivity contribution >= 4 is 22.0 Å². The lowest BCUT2D eigenvalue weighted by molar-refractivity contribution is -0.146. The Bertz CT molecular complexity index is 690. The van der Waals surface area contributed by atoms with Crippen molar-refractivity contribution in [1.29, 1.82) is 0 Å². The van der Waals surface area contributed by atoms with Crippen molar-refractivity contribution in [2.75, 3.05) is 26.8 Å². The highest BCUT2D eigenvalue weighted by molar-refractivity contribution is 7.89. The fourth-order valence-electron chi connectivity index (χ4n) is 2.63. The highest BCUT2D eigenvalue weighted by atomic mass is 32.2. The van der Waals surface area contributed by atoms with Gasteiger partial charge in [0.05, 0.1) is 30.1 Å². The number of esters is 2. The standard InChI is InChI=1S/C16H21NO6S/c1-3-23-16(19)12-4-6-14(7-5-12)24(20,21)17-10-8-13(9-11-17)15(18)22-2/h4-7,13H,3,8-11H2,1-2H3. The quantitative estimate of drug-likeness (QED) is 0.743. The summed E-state index contributed by atoms with van der Waals surface area (Å²) >= 11 is 0. The van der Waals surface area contributed by atoms with Gasteiger partial charge in [0.15, 0.2) is 0 Å². The average molecular weight is 355 g/mol. The second-order valence-electron chi connectivity index (χ2n) is 5.45. The number of hydrogen-bond acceptors (Lipinski definition) is 6. The van der Waals surface area contributed by atoms with E-state index in [0.717, 1.165) is 0 Å². The minimum atomic E-state index is -3.64. The maximum atomic E-state index is 12.6. The highest BCUT2D eigenvalue weighted by Crippen LogP contribution is 2.24. The molecule has 1 aromatic carbocycles. The monoisotopic (exact) mass is 355 g/mol. The van der Waals surface area contributed by atoms with Crippen molar-refractivity contribution in [3.63, 3.8) is 0 Å². The molecule has 132 valence electrons. The Morgan fingerprint density at radius 2 is 1.75 bits per heavy atom. The molecular weight excluding hydrogens is 334 g/mol. The van der Waals surface area contributed by atoms with Gasteiger partial charge >= 0.3 is 11.9 Å². The Labute approximate surface area is 141 Å². The topological polar surface area (TPSA) is 90.0 Å². The number of piperidine rings is 1. The maximum absolute atomic E-state index is 12.6. The molecule has 1 aliphatic heterocycles. The molecule has 0 saturated carbocycles. The Balaban J connectivity index is 2.08. The molecule has 0 N–H and O–H groups in total.